The number of ether oxygens (including phenoxy) is 2. The summed E-state index contributed by atoms with van der Waals surface area (Å²) in [6.45, 7) is 5.60. The van der Waals surface area contributed by atoms with Gasteiger partial charge in [-0.1, -0.05) is 90.2 Å². The van der Waals surface area contributed by atoms with E-state index in [0.29, 0.717) is 6.61 Å². The van der Waals surface area contributed by atoms with Crippen molar-refractivity contribution in [2.75, 3.05) is 13.2 Å². The summed E-state index contributed by atoms with van der Waals surface area (Å²) in [5.41, 5.74) is 0.971. The van der Waals surface area contributed by atoms with Crippen LogP contribution in [0.1, 0.15) is 96.5 Å². The monoisotopic (exact) mass is 388 g/mol. The molecule has 0 aliphatic rings. The molecule has 0 heterocycles. The van der Waals surface area contributed by atoms with E-state index in [1.54, 1.807) is 6.08 Å². The molecule has 0 radical (unpaired) electrons. The summed E-state index contributed by atoms with van der Waals surface area (Å²) >= 11 is 0. The average molecular weight is 389 g/mol. The van der Waals surface area contributed by atoms with Crippen molar-refractivity contribution in [3.63, 3.8) is 0 Å². The molecule has 1 rings (SSSR count). The number of rotatable bonds is 17. The van der Waals surface area contributed by atoms with Crippen LogP contribution in [-0.2, 0) is 9.53 Å². The van der Waals surface area contributed by atoms with E-state index in [9.17, 15) is 4.79 Å². The zero-order valence-corrected chi connectivity index (χ0v) is 18.1. The molecule has 158 valence electrons. The minimum absolute atomic E-state index is 0.283. The molecule has 3 heteroatoms. The van der Waals surface area contributed by atoms with Gasteiger partial charge in [0.25, 0.3) is 0 Å². The lowest BCUT2D eigenvalue weighted by atomic mass is 10.1. The maximum Gasteiger partial charge on any atom is 0.330 e. The Labute approximate surface area is 172 Å². The quantitative estimate of drug-likeness (QED) is 0.159. The molecule has 0 aliphatic heterocycles. The highest BCUT2D eigenvalue weighted by atomic mass is 16.5. The molecule has 0 atom stereocenters. The maximum atomic E-state index is 11.6. The molecule has 28 heavy (non-hydrogen) atoms. The van der Waals surface area contributed by atoms with Gasteiger partial charge < -0.3 is 9.47 Å². The van der Waals surface area contributed by atoms with Crippen LogP contribution >= 0.6 is 0 Å². The molecule has 0 spiro atoms. The number of hydrogen-bond donors (Lipinski definition) is 0. The molecule has 1 aromatic carbocycles. The first-order valence-electron chi connectivity index (χ1n) is 11.3. The lowest BCUT2D eigenvalue weighted by Gasteiger charge is -2.06. The molecular formula is C25H40O3. The van der Waals surface area contributed by atoms with Crippen molar-refractivity contribution in [1.82, 2.24) is 0 Å². The SMILES string of the molecule is CCCCCCCCCCCCOc1ccc(C=CC(=O)OCCCC)cc1. The molecule has 3 nitrogen and oxygen atoms in total. The van der Waals surface area contributed by atoms with Crippen LogP contribution in [0.4, 0.5) is 0 Å². The third-order valence-electron chi connectivity index (χ3n) is 4.80. The van der Waals surface area contributed by atoms with Gasteiger partial charge in [0.05, 0.1) is 13.2 Å². The molecule has 0 N–H and O–H groups in total. The Morgan fingerprint density at radius 2 is 1.32 bits per heavy atom. The summed E-state index contributed by atoms with van der Waals surface area (Å²) in [7, 11) is 0. The van der Waals surface area contributed by atoms with Crippen LogP contribution in [0.15, 0.2) is 30.3 Å². The van der Waals surface area contributed by atoms with E-state index in [2.05, 4.69) is 13.8 Å². The fraction of sp³-hybridized carbons (Fsp3) is 0.640. The average Bonchev–Trinajstić information content (AvgIpc) is 2.71. The lowest BCUT2D eigenvalue weighted by molar-refractivity contribution is -0.137. The summed E-state index contributed by atoms with van der Waals surface area (Å²) in [4.78, 5) is 11.6. The Morgan fingerprint density at radius 3 is 1.93 bits per heavy atom. The van der Waals surface area contributed by atoms with Gasteiger partial charge in [-0.2, -0.15) is 0 Å². The van der Waals surface area contributed by atoms with Crippen molar-refractivity contribution in [2.24, 2.45) is 0 Å². The second-order valence-corrected chi connectivity index (χ2v) is 7.45. The summed E-state index contributed by atoms with van der Waals surface area (Å²) in [5.74, 6) is 0.605. The van der Waals surface area contributed by atoms with E-state index in [1.165, 1.54) is 63.9 Å². The molecule has 0 saturated carbocycles. The van der Waals surface area contributed by atoms with Crippen molar-refractivity contribution in [3.8, 4) is 5.75 Å². The highest BCUT2D eigenvalue weighted by molar-refractivity contribution is 5.87. The first-order valence-corrected chi connectivity index (χ1v) is 11.3. The van der Waals surface area contributed by atoms with Gasteiger partial charge in [0.1, 0.15) is 5.75 Å². The summed E-state index contributed by atoms with van der Waals surface area (Å²) in [6, 6.07) is 7.84. The van der Waals surface area contributed by atoms with Crippen LogP contribution in [-0.4, -0.2) is 19.2 Å². The Kier molecular flexibility index (Phi) is 15.0. The van der Waals surface area contributed by atoms with Gasteiger partial charge in [0.2, 0.25) is 0 Å². The first kappa shape index (κ1) is 24.3. The molecule has 0 fully saturated rings. The van der Waals surface area contributed by atoms with Crippen molar-refractivity contribution < 1.29 is 14.3 Å². The normalized spacial score (nSPS) is 11.1. The lowest BCUT2D eigenvalue weighted by Crippen LogP contribution is -2.01. The van der Waals surface area contributed by atoms with Crippen LogP contribution in [0.5, 0.6) is 5.75 Å². The molecule has 0 bridgehead atoms. The third kappa shape index (κ3) is 13.4. The number of benzene rings is 1. The Balaban J connectivity index is 2.06. The fourth-order valence-corrected chi connectivity index (χ4v) is 2.98. The number of carbonyl (C=O) groups excluding carboxylic acids is 1. The number of esters is 1. The van der Waals surface area contributed by atoms with Crippen LogP contribution in [0.25, 0.3) is 6.08 Å². The first-order chi connectivity index (χ1) is 13.8. The van der Waals surface area contributed by atoms with Gasteiger partial charge in [-0.05, 0) is 36.6 Å². The van der Waals surface area contributed by atoms with Crippen molar-refractivity contribution in [1.29, 1.82) is 0 Å². The van der Waals surface area contributed by atoms with Gasteiger partial charge in [0, 0.05) is 6.08 Å². The maximum absolute atomic E-state index is 11.6. The van der Waals surface area contributed by atoms with E-state index in [-0.39, 0.29) is 5.97 Å². The Hall–Kier alpha value is -1.77. The van der Waals surface area contributed by atoms with E-state index in [4.69, 9.17) is 9.47 Å². The Bertz CT molecular complexity index is 519. The number of hydrogen-bond acceptors (Lipinski definition) is 3. The van der Waals surface area contributed by atoms with Gasteiger partial charge in [-0.3, -0.25) is 0 Å². The molecule has 1 aromatic rings. The predicted octanol–water partition coefficient (Wildman–Crippen LogP) is 7.34. The van der Waals surface area contributed by atoms with Crippen LogP contribution in [0.3, 0.4) is 0 Å². The summed E-state index contributed by atoms with van der Waals surface area (Å²) < 4.78 is 10.9. The largest absolute Gasteiger partial charge is 0.494 e. The van der Waals surface area contributed by atoms with Gasteiger partial charge >= 0.3 is 5.97 Å². The van der Waals surface area contributed by atoms with E-state index in [0.717, 1.165) is 37.2 Å². The molecule has 0 amide bonds. The minimum Gasteiger partial charge on any atom is -0.494 e. The van der Waals surface area contributed by atoms with E-state index < -0.39 is 0 Å². The zero-order valence-electron chi connectivity index (χ0n) is 18.1. The van der Waals surface area contributed by atoms with Gasteiger partial charge in [0.15, 0.2) is 0 Å². The molecule has 0 aromatic heterocycles. The number of carbonyl (C=O) groups is 1. The summed E-state index contributed by atoms with van der Waals surface area (Å²) in [6.07, 6.45) is 18.5. The van der Waals surface area contributed by atoms with Crippen LogP contribution in [0.2, 0.25) is 0 Å². The topological polar surface area (TPSA) is 35.5 Å². The highest BCUT2D eigenvalue weighted by Crippen LogP contribution is 2.15. The fourth-order valence-electron chi connectivity index (χ4n) is 2.98. The highest BCUT2D eigenvalue weighted by Gasteiger charge is 1.98. The minimum atomic E-state index is -0.283. The summed E-state index contributed by atoms with van der Waals surface area (Å²) in [5, 5.41) is 0. The van der Waals surface area contributed by atoms with Gasteiger partial charge in [-0.25, -0.2) is 4.79 Å². The smallest absolute Gasteiger partial charge is 0.330 e. The van der Waals surface area contributed by atoms with Gasteiger partial charge in [-0.15, -0.1) is 0 Å². The second kappa shape index (κ2) is 17.3. The molecule has 0 aliphatic carbocycles. The predicted molar refractivity (Wildman–Crippen MR) is 119 cm³/mol. The third-order valence-corrected chi connectivity index (χ3v) is 4.80. The molecular weight excluding hydrogens is 348 g/mol. The molecule has 0 unspecified atom stereocenters. The van der Waals surface area contributed by atoms with Crippen LogP contribution in [0, 0.1) is 0 Å². The van der Waals surface area contributed by atoms with Crippen LogP contribution < -0.4 is 4.74 Å². The van der Waals surface area contributed by atoms with Crippen molar-refractivity contribution in [2.45, 2.75) is 90.9 Å². The number of unbranched alkanes of at least 4 members (excludes halogenated alkanes) is 10. The van der Waals surface area contributed by atoms with Crippen molar-refractivity contribution in [3.05, 3.63) is 35.9 Å². The van der Waals surface area contributed by atoms with E-state index >= 15 is 0 Å². The zero-order chi connectivity index (χ0) is 20.3. The molecule has 0 saturated heterocycles. The second-order valence-electron chi connectivity index (χ2n) is 7.45. The standard InChI is InChI=1S/C25H40O3/c1-3-5-7-8-9-10-11-12-13-14-22-27-24-18-15-23(16-19-24)17-20-25(26)28-21-6-4-2/h15-20H,3-14,21-22H2,1-2H3. The Morgan fingerprint density at radius 1 is 0.750 bits per heavy atom. The van der Waals surface area contributed by atoms with Crippen molar-refractivity contribution >= 4 is 12.0 Å². The van der Waals surface area contributed by atoms with E-state index in [1.807, 2.05) is 24.3 Å².